The molecule has 2 aliphatic rings. The molecule has 1 amide bonds. The van der Waals surface area contributed by atoms with Gasteiger partial charge in [0, 0.05) is 33.0 Å². The number of ether oxygens (including phenoxy) is 1. The smallest absolute Gasteiger partial charge is 0.255 e. The van der Waals surface area contributed by atoms with E-state index in [1.54, 1.807) is 4.68 Å². The average Bonchev–Trinajstić information content (AvgIpc) is 3.00. The summed E-state index contributed by atoms with van der Waals surface area (Å²) in [4.78, 5) is 14.6. The molecule has 1 N–H and O–H groups in total. The van der Waals surface area contributed by atoms with Crippen LogP contribution < -0.4 is 10.1 Å². The van der Waals surface area contributed by atoms with Gasteiger partial charge in [-0.2, -0.15) is 0 Å². The number of hydrogen-bond acceptors (Lipinski definition) is 6. The van der Waals surface area contributed by atoms with Gasteiger partial charge in [0.25, 0.3) is 5.91 Å². The fourth-order valence-electron chi connectivity index (χ4n) is 3.70. The Hall–Kier alpha value is -2.48. The van der Waals surface area contributed by atoms with Gasteiger partial charge in [-0.15, -0.1) is 5.10 Å². The molecule has 1 atom stereocenters. The van der Waals surface area contributed by atoms with Gasteiger partial charge in [-0.05, 0) is 29.5 Å². The van der Waals surface area contributed by atoms with Crippen LogP contribution >= 0.6 is 0 Å². The van der Waals surface area contributed by atoms with Crippen molar-refractivity contribution in [2.45, 2.75) is 31.4 Å². The number of carbonyl (C=O) groups is 1. The van der Waals surface area contributed by atoms with Crippen molar-refractivity contribution in [2.75, 3.05) is 19.6 Å². The van der Waals surface area contributed by atoms with Crippen molar-refractivity contribution in [1.29, 1.82) is 0 Å². The van der Waals surface area contributed by atoms with Crippen LogP contribution in [-0.4, -0.2) is 56.2 Å². The van der Waals surface area contributed by atoms with E-state index in [9.17, 15) is 4.79 Å². The van der Waals surface area contributed by atoms with Crippen LogP contribution in [-0.2, 0) is 7.05 Å². The van der Waals surface area contributed by atoms with Gasteiger partial charge in [0.15, 0.2) is 5.82 Å². The zero-order valence-corrected chi connectivity index (χ0v) is 14.5. The van der Waals surface area contributed by atoms with Gasteiger partial charge in [-0.3, -0.25) is 9.69 Å². The van der Waals surface area contributed by atoms with Crippen molar-refractivity contribution in [2.24, 2.45) is 7.05 Å². The Bertz CT molecular complexity index is 781. The maximum absolute atomic E-state index is 12.3. The first-order chi connectivity index (χ1) is 12.1. The van der Waals surface area contributed by atoms with Gasteiger partial charge in [0.1, 0.15) is 11.4 Å². The predicted octanol–water partition coefficient (Wildman–Crippen LogP) is 0.928. The molecule has 1 unspecified atom stereocenters. The molecule has 0 bridgehead atoms. The number of hydrogen-bond donors (Lipinski definition) is 1. The van der Waals surface area contributed by atoms with Gasteiger partial charge in [-0.25, -0.2) is 4.68 Å². The highest BCUT2D eigenvalue weighted by atomic mass is 16.5. The first-order valence-corrected chi connectivity index (χ1v) is 8.61. The van der Waals surface area contributed by atoms with Crippen LogP contribution in [0.15, 0.2) is 24.3 Å². The van der Waals surface area contributed by atoms with E-state index in [0.29, 0.717) is 17.9 Å². The molecule has 2 aromatic rings. The van der Waals surface area contributed by atoms with Crippen molar-refractivity contribution >= 4 is 5.91 Å². The molecule has 2 aliphatic heterocycles. The standard InChI is InChI=1S/C17H22N6O2/c1-12(15-19-20-21-22(15)2)23-9-7-17(8-10-23)11-18-16(24)13-5-3-4-6-14(13)25-17/h3-6,12H,7-11H2,1-2H3,(H,18,24). The van der Waals surface area contributed by atoms with Crippen LogP contribution in [0.5, 0.6) is 5.75 Å². The van der Waals surface area contributed by atoms with E-state index in [0.717, 1.165) is 31.8 Å². The number of nitrogens with zero attached hydrogens (tertiary/aromatic N) is 5. The molecular weight excluding hydrogens is 320 g/mol. The summed E-state index contributed by atoms with van der Waals surface area (Å²) >= 11 is 0. The zero-order valence-electron chi connectivity index (χ0n) is 14.5. The van der Waals surface area contributed by atoms with E-state index in [4.69, 9.17) is 4.74 Å². The summed E-state index contributed by atoms with van der Waals surface area (Å²) in [5.41, 5.74) is 0.261. The minimum Gasteiger partial charge on any atom is -0.485 e. The van der Waals surface area contributed by atoms with Crippen molar-refractivity contribution in [1.82, 2.24) is 30.4 Å². The molecule has 3 heterocycles. The Kier molecular flexibility index (Phi) is 3.91. The summed E-state index contributed by atoms with van der Waals surface area (Å²) in [5, 5.41) is 14.8. The highest BCUT2D eigenvalue weighted by Gasteiger charge is 2.41. The molecule has 25 heavy (non-hydrogen) atoms. The number of para-hydroxylation sites is 1. The average molecular weight is 342 g/mol. The van der Waals surface area contributed by atoms with Crippen LogP contribution in [0.2, 0.25) is 0 Å². The molecule has 0 saturated carbocycles. The number of amides is 1. The molecule has 1 fully saturated rings. The SMILES string of the molecule is CC(c1nnnn1C)N1CCC2(CC1)CNC(=O)c1ccccc1O2. The van der Waals surface area contributed by atoms with Crippen LogP contribution in [0.3, 0.4) is 0 Å². The number of rotatable bonds is 2. The summed E-state index contributed by atoms with van der Waals surface area (Å²) < 4.78 is 8.06. The first kappa shape index (κ1) is 16.0. The topological polar surface area (TPSA) is 85.2 Å². The fraction of sp³-hybridized carbons (Fsp3) is 0.529. The lowest BCUT2D eigenvalue weighted by atomic mass is 9.90. The summed E-state index contributed by atoms with van der Waals surface area (Å²) in [7, 11) is 1.86. The third kappa shape index (κ3) is 2.86. The second-order valence-electron chi connectivity index (χ2n) is 6.84. The molecule has 0 aliphatic carbocycles. The minimum atomic E-state index is -0.351. The Morgan fingerprint density at radius 1 is 1.28 bits per heavy atom. The Balaban J connectivity index is 1.50. The number of aryl methyl sites for hydroxylation is 1. The molecular formula is C17H22N6O2. The van der Waals surface area contributed by atoms with Crippen molar-refractivity contribution in [3.63, 3.8) is 0 Å². The number of piperidine rings is 1. The maximum Gasteiger partial charge on any atom is 0.255 e. The molecule has 1 saturated heterocycles. The lowest BCUT2D eigenvalue weighted by Gasteiger charge is -2.42. The van der Waals surface area contributed by atoms with Gasteiger partial charge in [0.2, 0.25) is 0 Å². The number of aromatic nitrogens is 4. The normalized spacial score (nSPS) is 21.1. The molecule has 8 nitrogen and oxygen atoms in total. The molecule has 8 heteroatoms. The number of fused-ring (bicyclic) bond motifs is 1. The number of likely N-dealkylation sites (tertiary alicyclic amines) is 1. The van der Waals surface area contributed by atoms with Crippen LogP contribution in [0.4, 0.5) is 0 Å². The summed E-state index contributed by atoms with van der Waals surface area (Å²) in [5.74, 6) is 1.47. The van der Waals surface area contributed by atoms with E-state index in [2.05, 4.69) is 32.7 Å². The lowest BCUT2D eigenvalue weighted by Crippen LogP contribution is -2.53. The quantitative estimate of drug-likeness (QED) is 0.874. The molecule has 1 spiro atoms. The third-order valence-corrected chi connectivity index (χ3v) is 5.31. The lowest BCUT2D eigenvalue weighted by molar-refractivity contribution is -0.00561. The Morgan fingerprint density at radius 3 is 2.76 bits per heavy atom. The number of benzene rings is 1. The molecule has 1 aromatic carbocycles. The van der Waals surface area contributed by atoms with Crippen LogP contribution in [0.25, 0.3) is 0 Å². The monoisotopic (exact) mass is 342 g/mol. The van der Waals surface area contributed by atoms with Gasteiger partial charge < -0.3 is 10.1 Å². The van der Waals surface area contributed by atoms with Crippen molar-refractivity contribution in [3.8, 4) is 5.75 Å². The van der Waals surface area contributed by atoms with E-state index < -0.39 is 0 Å². The summed E-state index contributed by atoms with van der Waals surface area (Å²) in [6.07, 6.45) is 1.69. The number of carbonyl (C=O) groups excluding carboxylic acids is 1. The molecule has 0 radical (unpaired) electrons. The van der Waals surface area contributed by atoms with Crippen molar-refractivity contribution < 1.29 is 9.53 Å². The van der Waals surface area contributed by atoms with Crippen molar-refractivity contribution in [3.05, 3.63) is 35.7 Å². The third-order valence-electron chi connectivity index (χ3n) is 5.31. The van der Waals surface area contributed by atoms with Gasteiger partial charge in [-0.1, -0.05) is 12.1 Å². The maximum atomic E-state index is 12.3. The fourth-order valence-corrected chi connectivity index (χ4v) is 3.70. The predicted molar refractivity (Wildman–Crippen MR) is 90.2 cm³/mol. The van der Waals surface area contributed by atoms with Gasteiger partial charge in [0.05, 0.1) is 18.2 Å². The molecule has 1 aromatic heterocycles. The Morgan fingerprint density at radius 2 is 2.04 bits per heavy atom. The number of tetrazole rings is 1. The van der Waals surface area contributed by atoms with E-state index in [1.807, 2.05) is 31.3 Å². The largest absolute Gasteiger partial charge is 0.485 e. The van der Waals surface area contributed by atoms with Gasteiger partial charge >= 0.3 is 0 Å². The molecule has 132 valence electrons. The molecule has 4 rings (SSSR count). The summed E-state index contributed by atoms with van der Waals surface area (Å²) in [6.45, 7) is 4.39. The van der Waals surface area contributed by atoms with Crippen LogP contribution in [0, 0.1) is 0 Å². The first-order valence-electron chi connectivity index (χ1n) is 8.61. The van der Waals surface area contributed by atoms with E-state index in [-0.39, 0.29) is 17.6 Å². The second kappa shape index (κ2) is 6.11. The second-order valence-corrected chi connectivity index (χ2v) is 6.84. The Labute approximate surface area is 146 Å². The van der Waals surface area contributed by atoms with E-state index >= 15 is 0 Å². The zero-order chi connectivity index (χ0) is 17.4. The number of nitrogens with one attached hydrogen (secondary N) is 1. The highest BCUT2D eigenvalue weighted by Crippen LogP contribution is 2.34. The van der Waals surface area contributed by atoms with Crippen LogP contribution in [0.1, 0.15) is 42.0 Å². The van der Waals surface area contributed by atoms with E-state index in [1.165, 1.54) is 0 Å². The highest BCUT2D eigenvalue weighted by molar-refractivity contribution is 5.97. The minimum absolute atomic E-state index is 0.0616. The summed E-state index contributed by atoms with van der Waals surface area (Å²) in [6, 6.07) is 7.59.